The Kier molecular flexibility index (Phi) is 4.65. The minimum atomic E-state index is -1.04. The minimum Gasteiger partial charge on any atom is -0.342 e. The Morgan fingerprint density at radius 1 is 1.10 bits per heavy atom. The lowest BCUT2D eigenvalue weighted by Gasteiger charge is -2.26. The van der Waals surface area contributed by atoms with E-state index in [1.165, 1.54) is 6.07 Å². The molecule has 20 heavy (non-hydrogen) atoms. The Balaban J connectivity index is 1.88. The van der Waals surface area contributed by atoms with E-state index in [0.29, 0.717) is 13.1 Å². The molecule has 0 unspecified atom stereocenters. The van der Waals surface area contributed by atoms with Crippen LogP contribution in [0.5, 0.6) is 0 Å². The fourth-order valence-corrected chi connectivity index (χ4v) is 2.17. The van der Waals surface area contributed by atoms with Crippen molar-refractivity contribution in [3.63, 3.8) is 0 Å². The minimum absolute atomic E-state index is 0.139. The van der Waals surface area contributed by atoms with E-state index < -0.39 is 17.5 Å². The first-order chi connectivity index (χ1) is 9.56. The molecule has 0 atom stereocenters. The van der Waals surface area contributed by atoms with Crippen LogP contribution in [0.25, 0.3) is 0 Å². The zero-order valence-electron chi connectivity index (χ0n) is 11.0. The second kappa shape index (κ2) is 6.45. The lowest BCUT2D eigenvalue weighted by atomic mass is 10.1. The second-order valence-electron chi connectivity index (χ2n) is 4.80. The maximum atomic E-state index is 13.0. The molecular weight excluding hydrogens is 266 g/mol. The van der Waals surface area contributed by atoms with Gasteiger partial charge in [0.05, 0.1) is 0 Å². The van der Waals surface area contributed by atoms with Crippen molar-refractivity contribution in [1.29, 1.82) is 0 Å². The fourth-order valence-electron chi connectivity index (χ4n) is 2.17. The predicted octanol–water partition coefficient (Wildman–Crippen LogP) is 2.31. The number of benzene rings is 1. The summed E-state index contributed by atoms with van der Waals surface area (Å²) in [6.45, 7) is 1.36. The number of likely N-dealkylation sites (tertiary alicyclic amines) is 1. The lowest BCUT2D eigenvalue weighted by molar-refractivity contribution is -0.135. The van der Waals surface area contributed by atoms with Gasteiger partial charge in [0.2, 0.25) is 11.8 Å². The SMILES string of the molecule is O=C(CC(=O)N1CCCCC1)Nc1ccc(F)c(F)c1. The third-order valence-electron chi connectivity index (χ3n) is 3.22. The van der Waals surface area contributed by atoms with E-state index in [2.05, 4.69) is 5.32 Å². The van der Waals surface area contributed by atoms with Crippen molar-refractivity contribution < 1.29 is 18.4 Å². The highest BCUT2D eigenvalue weighted by Gasteiger charge is 2.19. The molecule has 1 fully saturated rings. The normalized spacial score (nSPS) is 15.0. The van der Waals surface area contributed by atoms with E-state index in [4.69, 9.17) is 0 Å². The molecule has 2 amide bonds. The van der Waals surface area contributed by atoms with Gasteiger partial charge in [-0.25, -0.2) is 8.78 Å². The van der Waals surface area contributed by atoms with Gasteiger partial charge in [0.1, 0.15) is 6.42 Å². The molecule has 1 N–H and O–H groups in total. The van der Waals surface area contributed by atoms with Crippen LogP contribution in [0.4, 0.5) is 14.5 Å². The van der Waals surface area contributed by atoms with Gasteiger partial charge in [-0.05, 0) is 31.4 Å². The van der Waals surface area contributed by atoms with Gasteiger partial charge in [0.15, 0.2) is 11.6 Å². The summed E-state index contributed by atoms with van der Waals surface area (Å²) in [6, 6.07) is 3.07. The van der Waals surface area contributed by atoms with Gasteiger partial charge in [-0.2, -0.15) is 0 Å². The summed E-state index contributed by atoms with van der Waals surface area (Å²) in [5.74, 6) is -2.77. The predicted molar refractivity (Wildman–Crippen MR) is 70.0 cm³/mol. The molecule has 0 saturated carbocycles. The van der Waals surface area contributed by atoms with Gasteiger partial charge in [-0.15, -0.1) is 0 Å². The Hall–Kier alpha value is -1.98. The van der Waals surface area contributed by atoms with Crippen LogP contribution in [0, 0.1) is 11.6 Å². The van der Waals surface area contributed by atoms with Gasteiger partial charge in [-0.1, -0.05) is 0 Å². The average molecular weight is 282 g/mol. The zero-order chi connectivity index (χ0) is 14.5. The van der Waals surface area contributed by atoms with Crippen molar-refractivity contribution in [1.82, 2.24) is 4.90 Å². The van der Waals surface area contributed by atoms with Gasteiger partial charge in [0.25, 0.3) is 0 Å². The second-order valence-corrected chi connectivity index (χ2v) is 4.80. The van der Waals surface area contributed by atoms with Gasteiger partial charge < -0.3 is 10.2 Å². The molecule has 0 radical (unpaired) electrons. The molecule has 1 aromatic carbocycles. The standard InChI is InChI=1S/C14H16F2N2O2/c15-11-5-4-10(8-12(11)16)17-13(19)9-14(20)18-6-2-1-3-7-18/h4-5,8H,1-3,6-7,9H2,(H,17,19). The number of halogens is 2. The highest BCUT2D eigenvalue weighted by Crippen LogP contribution is 2.14. The Bertz CT molecular complexity index is 514. The van der Waals surface area contributed by atoms with Crippen LogP contribution in [0.1, 0.15) is 25.7 Å². The number of nitrogens with one attached hydrogen (secondary N) is 1. The maximum Gasteiger partial charge on any atom is 0.233 e. The fraction of sp³-hybridized carbons (Fsp3) is 0.429. The molecule has 1 saturated heterocycles. The first kappa shape index (κ1) is 14.4. The molecule has 2 rings (SSSR count). The van der Waals surface area contributed by atoms with E-state index in [0.717, 1.165) is 31.4 Å². The summed E-state index contributed by atoms with van der Waals surface area (Å²) >= 11 is 0. The van der Waals surface area contributed by atoms with E-state index >= 15 is 0 Å². The van der Waals surface area contributed by atoms with Gasteiger partial charge >= 0.3 is 0 Å². The summed E-state index contributed by atoms with van der Waals surface area (Å²) in [5, 5.41) is 2.39. The highest BCUT2D eigenvalue weighted by atomic mass is 19.2. The monoisotopic (exact) mass is 282 g/mol. The highest BCUT2D eigenvalue weighted by molar-refractivity contribution is 6.03. The Labute approximate surface area is 115 Å². The molecule has 6 heteroatoms. The molecular formula is C14H16F2N2O2. The topological polar surface area (TPSA) is 49.4 Å². The van der Waals surface area contributed by atoms with Crippen LogP contribution in [0.15, 0.2) is 18.2 Å². The summed E-state index contributed by atoms with van der Waals surface area (Å²) in [5.41, 5.74) is 0.139. The number of nitrogens with zero attached hydrogens (tertiary/aromatic N) is 1. The van der Waals surface area contributed by atoms with Crippen LogP contribution < -0.4 is 5.32 Å². The lowest BCUT2D eigenvalue weighted by Crippen LogP contribution is -2.37. The number of amides is 2. The zero-order valence-corrected chi connectivity index (χ0v) is 11.0. The van der Waals surface area contributed by atoms with Crippen molar-refractivity contribution in [3.8, 4) is 0 Å². The van der Waals surface area contributed by atoms with E-state index in [1.54, 1.807) is 4.90 Å². The number of hydrogen-bond acceptors (Lipinski definition) is 2. The number of rotatable bonds is 3. The summed E-state index contributed by atoms with van der Waals surface area (Å²) in [7, 11) is 0. The molecule has 0 aliphatic carbocycles. The van der Waals surface area contributed by atoms with Crippen LogP contribution >= 0.6 is 0 Å². The number of carbonyl (C=O) groups is 2. The maximum absolute atomic E-state index is 13.0. The van der Waals surface area contributed by atoms with E-state index in [1.807, 2.05) is 0 Å². The molecule has 1 heterocycles. The van der Waals surface area contributed by atoms with Crippen molar-refractivity contribution in [2.24, 2.45) is 0 Å². The average Bonchev–Trinajstić information content (AvgIpc) is 2.44. The molecule has 4 nitrogen and oxygen atoms in total. The van der Waals surface area contributed by atoms with Crippen LogP contribution in [-0.2, 0) is 9.59 Å². The molecule has 1 aliphatic rings. The summed E-state index contributed by atoms with van der Waals surface area (Å²) < 4.78 is 25.7. The first-order valence-electron chi connectivity index (χ1n) is 6.59. The smallest absolute Gasteiger partial charge is 0.233 e. The molecule has 0 spiro atoms. The van der Waals surface area contributed by atoms with Crippen molar-refractivity contribution in [2.45, 2.75) is 25.7 Å². The third kappa shape index (κ3) is 3.76. The summed E-state index contributed by atoms with van der Waals surface area (Å²) in [4.78, 5) is 25.2. The van der Waals surface area contributed by atoms with Gasteiger partial charge in [0, 0.05) is 24.8 Å². The molecule has 1 aromatic rings. The Morgan fingerprint density at radius 3 is 2.45 bits per heavy atom. The summed E-state index contributed by atoms with van der Waals surface area (Å²) in [6.07, 6.45) is 2.73. The quantitative estimate of drug-likeness (QED) is 0.865. The number of piperidine rings is 1. The number of carbonyl (C=O) groups excluding carboxylic acids is 2. The number of anilines is 1. The van der Waals surface area contributed by atoms with E-state index in [9.17, 15) is 18.4 Å². The van der Waals surface area contributed by atoms with Crippen LogP contribution in [-0.4, -0.2) is 29.8 Å². The molecule has 0 bridgehead atoms. The Morgan fingerprint density at radius 2 is 1.80 bits per heavy atom. The molecule has 1 aliphatic heterocycles. The van der Waals surface area contributed by atoms with Crippen molar-refractivity contribution in [3.05, 3.63) is 29.8 Å². The third-order valence-corrected chi connectivity index (χ3v) is 3.22. The van der Waals surface area contributed by atoms with Gasteiger partial charge in [-0.3, -0.25) is 9.59 Å². The molecule has 108 valence electrons. The molecule has 0 aromatic heterocycles. The van der Waals surface area contributed by atoms with Crippen molar-refractivity contribution >= 4 is 17.5 Å². The van der Waals surface area contributed by atoms with E-state index in [-0.39, 0.29) is 18.0 Å². The van der Waals surface area contributed by atoms with Crippen LogP contribution in [0.2, 0.25) is 0 Å². The van der Waals surface area contributed by atoms with Crippen molar-refractivity contribution in [2.75, 3.05) is 18.4 Å². The first-order valence-corrected chi connectivity index (χ1v) is 6.59. The number of hydrogen-bond donors (Lipinski definition) is 1. The van der Waals surface area contributed by atoms with Crippen LogP contribution in [0.3, 0.4) is 0 Å². The largest absolute Gasteiger partial charge is 0.342 e.